The molecule has 0 aliphatic rings. The van der Waals surface area contributed by atoms with Crippen molar-refractivity contribution in [2.45, 2.75) is 20.5 Å². The fourth-order valence-electron chi connectivity index (χ4n) is 1.03. The minimum absolute atomic E-state index is 0.394. The first-order chi connectivity index (χ1) is 6.64. The molecule has 0 bridgehead atoms. The Morgan fingerprint density at radius 2 is 1.93 bits per heavy atom. The summed E-state index contributed by atoms with van der Waals surface area (Å²) in [5.74, 6) is 0. The van der Waals surface area contributed by atoms with Crippen LogP contribution in [-0.4, -0.2) is 6.61 Å². The van der Waals surface area contributed by atoms with Gasteiger partial charge in [-0.15, -0.1) is 0 Å². The van der Waals surface area contributed by atoms with Gasteiger partial charge in [-0.05, 0) is 19.4 Å². The van der Waals surface area contributed by atoms with E-state index in [0.29, 0.717) is 13.2 Å². The molecule has 74 valence electrons. The highest BCUT2D eigenvalue weighted by molar-refractivity contribution is 5.13. The molecule has 0 radical (unpaired) electrons. The molecule has 14 heavy (non-hydrogen) atoms. The van der Waals surface area contributed by atoms with Gasteiger partial charge in [0.25, 0.3) is 0 Å². The summed E-state index contributed by atoms with van der Waals surface area (Å²) >= 11 is 0. The Labute approximate surface area is 85.1 Å². The van der Waals surface area contributed by atoms with Crippen LogP contribution in [0.5, 0.6) is 0 Å². The van der Waals surface area contributed by atoms with Crippen LogP contribution in [0.25, 0.3) is 0 Å². The first-order valence-corrected chi connectivity index (χ1v) is 4.67. The molecule has 0 saturated heterocycles. The number of nitriles is 1. The number of hydrogen-bond acceptors (Lipinski definition) is 2. The highest BCUT2D eigenvalue weighted by Gasteiger charge is 2.16. The van der Waals surface area contributed by atoms with E-state index in [9.17, 15) is 0 Å². The molecule has 2 heteroatoms. The molecule has 0 saturated carbocycles. The maximum atomic E-state index is 8.76. The predicted molar refractivity (Wildman–Crippen MR) is 55.5 cm³/mol. The molecular weight excluding hydrogens is 174 g/mol. The van der Waals surface area contributed by atoms with Crippen molar-refractivity contribution >= 4 is 0 Å². The van der Waals surface area contributed by atoms with Crippen LogP contribution >= 0.6 is 0 Å². The Kier molecular flexibility index (Phi) is 3.67. The van der Waals surface area contributed by atoms with Crippen LogP contribution in [0.4, 0.5) is 0 Å². The average molecular weight is 189 g/mol. The van der Waals surface area contributed by atoms with Crippen molar-refractivity contribution in [3.63, 3.8) is 0 Å². The zero-order valence-corrected chi connectivity index (χ0v) is 8.66. The predicted octanol–water partition coefficient (Wildman–Crippen LogP) is 2.75. The van der Waals surface area contributed by atoms with Gasteiger partial charge in [-0.2, -0.15) is 5.26 Å². The summed E-state index contributed by atoms with van der Waals surface area (Å²) in [5, 5.41) is 8.76. The molecule has 0 atom stereocenters. The summed E-state index contributed by atoms with van der Waals surface area (Å²) < 4.78 is 5.45. The van der Waals surface area contributed by atoms with Crippen LogP contribution in [0.3, 0.4) is 0 Å². The van der Waals surface area contributed by atoms with E-state index in [-0.39, 0.29) is 0 Å². The summed E-state index contributed by atoms with van der Waals surface area (Å²) in [5.41, 5.74) is 0.746. The van der Waals surface area contributed by atoms with Crippen LogP contribution in [0.1, 0.15) is 19.4 Å². The monoisotopic (exact) mass is 189 g/mol. The number of rotatable bonds is 4. The maximum absolute atomic E-state index is 8.76. The Hall–Kier alpha value is -1.33. The fraction of sp³-hybridized carbons (Fsp3) is 0.417. The molecule has 0 aliphatic heterocycles. The quantitative estimate of drug-likeness (QED) is 0.729. The molecule has 0 N–H and O–H groups in total. The third-order valence-electron chi connectivity index (χ3n) is 1.88. The highest BCUT2D eigenvalue weighted by atomic mass is 16.5. The largest absolute Gasteiger partial charge is 0.375 e. The number of ether oxygens (including phenoxy) is 1. The highest BCUT2D eigenvalue weighted by Crippen LogP contribution is 2.14. The van der Waals surface area contributed by atoms with Gasteiger partial charge in [-0.25, -0.2) is 0 Å². The molecule has 1 aromatic carbocycles. The smallest absolute Gasteiger partial charge is 0.0751 e. The van der Waals surface area contributed by atoms with Gasteiger partial charge < -0.3 is 4.74 Å². The molecule has 0 unspecified atom stereocenters. The van der Waals surface area contributed by atoms with Crippen LogP contribution in [0.15, 0.2) is 30.3 Å². The summed E-state index contributed by atoms with van der Waals surface area (Å²) in [4.78, 5) is 0. The van der Waals surface area contributed by atoms with Crippen LogP contribution in [-0.2, 0) is 11.3 Å². The lowest BCUT2D eigenvalue weighted by Crippen LogP contribution is -2.16. The van der Waals surface area contributed by atoms with Gasteiger partial charge in [0.2, 0.25) is 0 Å². The second-order valence-electron chi connectivity index (χ2n) is 3.97. The van der Waals surface area contributed by atoms with Gasteiger partial charge in [0.15, 0.2) is 0 Å². The summed E-state index contributed by atoms with van der Waals surface area (Å²) in [7, 11) is 0. The third-order valence-corrected chi connectivity index (χ3v) is 1.88. The Balaban J connectivity index is 2.34. The Morgan fingerprint density at radius 3 is 2.50 bits per heavy atom. The first-order valence-electron chi connectivity index (χ1n) is 4.67. The zero-order chi connectivity index (χ0) is 10.4. The van der Waals surface area contributed by atoms with Gasteiger partial charge in [0.05, 0.1) is 24.7 Å². The van der Waals surface area contributed by atoms with Crippen molar-refractivity contribution in [1.82, 2.24) is 0 Å². The van der Waals surface area contributed by atoms with Crippen molar-refractivity contribution in [3.8, 4) is 6.07 Å². The third kappa shape index (κ3) is 3.59. The van der Waals surface area contributed by atoms with Crippen LogP contribution in [0.2, 0.25) is 0 Å². The van der Waals surface area contributed by atoms with E-state index in [1.165, 1.54) is 0 Å². The average Bonchev–Trinajstić information content (AvgIpc) is 2.19. The first kappa shape index (κ1) is 10.7. The van der Waals surface area contributed by atoms with E-state index in [0.717, 1.165) is 5.56 Å². The standard InChI is InChI=1S/C12H15NO/c1-12(2,9-13)10-14-8-11-6-4-3-5-7-11/h3-7H,8,10H2,1-2H3. The van der Waals surface area contributed by atoms with Crippen molar-refractivity contribution in [2.75, 3.05) is 6.61 Å². The molecule has 0 amide bonds. The number of nitrogens with zero attached hydrogens (tertiary/aromatic N) is 1. The van der Waals surface area contributed by atoms with Gasteiger partial charge in [-0.1, -0.05) is 30.3 Å². The minimum atomic E-state index is -0.394. The van der Waals surface area contributed by atoms with E-state index in [1.54, 1.807) is 0 Å². The van der Waals surface area contributed by atoms with Gasteiger partial charge in [0.1, 0.15) is 0 Å². The Morgan fingerprint density at radius 1 is 1.29 bits per heavy atom. The van der Waals surface area contributed by atoms with E-state index in [4.69, 9.17) is 10.00 Å². The molecule has 2 nitrogen and oxygen atoms in total. The molecule has 1 aromatic rings. The van der Waals surface area contributed by atoms with Crippen molar-refractivity contribution < 1.29 is 4.74 Å². The molecular formula is C12H15NO. The molecule has 1 rings (SSSR count). The summed E-state index contributed by atoms with van der Waals surface area (Å²) in [6, 6.07) is 12.2. The lowest BCUT2D eigenvalue weighted by molar-refractivity contribution is 0.0745. The van der Waals surface area contributed by atoms with E-state index >= 15 is 0 Å². The van der Waals surface area contributed by atoms with Crippen molar-refractivity contribution in [1.29, 1.82) is 5.26 Å². The Bertz CT molecular complexity index is 311. The zero-order valence-electron chi connectivity index (χ0n) is 8.66. The van der Waals surface area contributed by atoms with Gasteiger partial charge >= 0.3 is 0 Å². The van der Waals surface area contributed by atoms with Crippen molar-refractivity contribution in [3.05, 3.63) is 35.9 Å². The SMILES string of the molecule is CC(C)(C#N)COCc1ccccc1. The van der Waals surface area contributed by atoms with E-state index < -0.39 is 5.41 Å². The fourth-order valence-corrected chi connectivity index (χ4v) is 1.03. The minimum Gasteiger partial charge on any atom is -0.375 e. The number of hydrogen-bond donors (Lipinski definition) is 0. The van der Waals surface area contributed by atoms with Gasteiger partial charge in [-0.3, -0.25) is 0 Å². The van der Waals surface area contributed by atoms with Crippen LogP contribution in [0, 0.1) is 16.7 Å². The normalized spacial score (nSPS) is 10.9. The number of benzene rings is 1. The van der Waals surface area contributed by atoms with Crippen molar-refractivity contribution in [2.24, 2.45) is 5.41 Å². The molecule has 0 heterocycles. The second kappa shape index (κ2) is 4.78. The lowest BCUT2D eigenvalue weighted by atomic mass is 9.98. The summed E-state index contributed by atoms with van der Waals surface area (Å²) in [6.45, 7) is 4.79. The summed E-state index contributed by atoms with van der Waals surface area (Å²) in [6.07, 6.45) is 0. The second-order valence-corrected chi connectivity index (χ2v) is 3.97. The van der Waals surface area contributed by atoms with E-state index in [1.807, 2.05) is 44.2 Å². The molecule has 0 aromatic heterocycles. The lowest BCUT2D eigenvalue weighted by Gasteiger charge is -2.14. The topological polar surface area (TPSA) is 33.0 Å². The van der Waals surface area contributed by atoms with Crippen LogP contribution < -0.4 is 0 Å². The molecule has 0 spiro atoms. The van der Waals surface area contributed by atoms with Gasteiger partial charge in [0, 0.05) is 0 Å². The molecule has 0 fully saturated rings. The van der Waals surface area contributed by atoms with E-state index in [2.05, 4.69) is 6.07 Å². The maximum Gasteiger partial charge on any atom is 0.0751 e. The molecule has 0 aliphatic carbocycles.